The van der Waals surface area contributed by atoms with Crippen molar-refractivity contribution in [2.75, 3.05) is 131 Å². The molecule has 3 aliphatic heterocycles. The average Bonchev–Trinajstić information content (AvgIpc) is 3.71. The van der Waals surface area contributed by atoms with E-state index >= 15 is 0 Å². The third-order valence-corrected chi connectivity index (χ3v) is 11.1. The lowest BCUT2D eigenvalue weighted by atomic mass is 10.1. The Kier molecular flexibility index (Phi) is 17.3. The van der Waals surface area contributed by atoms with E-state index < -0.39 is 29.9 Å². The van der Waals surface area contributed by atoms with Crippen molar-refractivity contribution in [2.45, 2.75) is 25.3 Å². The molecule has 3 fully saturated rings. The molecular weight excluding hydrogens is 780 g/mol. The van der Waals surface area contributed by atoms with Crippen LogP contribution < -0.4 is 10.1 Å². The summed E-state index contributed by atoms with van der Waals surface area (Å²) in [4.78, 5) is 90.9. The molecule has 1 aromatic carbocycles. The molecule has 0 bridgehead atoms. The molecule has 0 aliphatic carbocycles. The van der Waals surface area contributed by atoms with Gasteiger partial charge >= 0.3 is 17.9 Å². The number of fused-ring (bicyclic) bond motifs is 1. The number of carboxylic acid groups (broad SMARTS) is 3. The lowest BCUT2D eigenvalue weighted by Gasteiger charge is -2.37. The standard InChI is InChI=1S/C40H56N10O10/c41-24-30-3-1-9-50(30)35(51)25-43-40(59)33-6-7-42-34-23-31(4-5-32(33)34)60-22-2-8-44-18-20-49(21-19-44)36(52)26-45-10-12-46(27-37(53)54)14-16-48(29-39(57)58)17-15-47(13-11-45)28-38(55)56/h4-7,23,30H,1-3,8-22,25-29H2,(H,43,59)(H,53,54)(H,55,56)(H,57,58)/t30-/m0/s1. The average molecular weight is 837 g/mol. The van der Waals surface area contributed by atoms with Gasteiger partial charge in [-0.1, -0.05) is 0 Å². The minimum atomic E-state index is -1.02. The molecule has 0 unspecified atom stereocenters. The van der Waals surface area contributed by atoms with Crippen LogP contribution in [0.25, 0.3) is 10.9 Å². The molecule has 3 aliphatic rings. The van der Waals surface area contributed by atoms with E-state index in [1.54, 1.807) is 39.0 Å². The first kappa shape index (κ1) is 45.6. The van der Waals surface area contributed by atoms with Crippen LogP contribution in [0.15, 0.2) is 30.5 Å². The van der Waals surface area contributed by atoms with Crippen molar-refractivity contribution in [3.05, 3.63) is 36.0 Å². The molecule has 0 radical (unpaired) electrons. The summed E-state index contributed by atoms with van der Waals surface area (Å²) in [5.41, 5.74) is 0.953. The second-order valence-electron chi connectivity index (χ2n) is 15.3. The predicted molar refractivity (Wildman–Crippen MR) is 216 cm³/mol. The van der Waals surface area contributed by atoms with Crippen molar-refractivity contribution in [1.29, 1.82) is 5.26 Å². The molecule has 0 spiro atoms. The van der Waals surface area contributed by atoms with Crippen LogP contribution in [0.1, 0.15) is 29.6 Å². The van der Waals surface area contributed by atoms with Crippen LogP contribution in [0.4, 0.5) is 0 Å². The highest BCUT2D eigenvalue weighted by Crippen LogP contribution is 2.23. The number of benzene rings is 1. The van der Waals surface area contributed by atoms with Crippen molar-refractivity contribution in [1.82, 2.24) is 44.6 Å². The summed E-state index contributed by atoms with van der Waals surface area (Å²) in [7, 11) is 0. The zero-order chi connectivity index (χ0) is 43.0. The molecule has 1 aromatic heterocycles. The maximum atomic E-state index is 13.5. The van der Waals surface area contributed by atoms with E-state index in [4.69, 9.17) is 4.74 Å². The maximum Gasteiger partial charge on any atom is 0.317 e. The number of aliphatic carboxylic acids is 3. The van der Waals surface area contributed by atoms with E-state index in [0.717, 1.165) is 19.4 Å². The molecule has 20 nitrogen and oxygen atoms in total. The Balaban J connectivity index is 1.06. The first-order valence-corrected chi connectivity index (χ1v) is 20.4. The number of carbonyl (C=O) groups excluding carboxylic acids is 3. The van der Waals surface area contributed by atoms with Crippen LogP contribution in [-0.2, 0) is 24.0 Å². The van der Waals surface area contributed by atoms with Crippen LogP contribution in [-0.4, -0.2) is 227 Å². The molecule has 3 saturated heterocycles. The van der Waals surface area contributed by atoms with Crippen LogP contribution in [0.2, 0.25) is 0 Å². The number of amides is 3. The summed E-state index contributed by atoms with van der Waals surface area (Å²) >= 11 is 0. The molecule has 4 N–H and O–H groups in total. The third-order valence-electron chi connectivity index (χ3n) is 11.1. The number of pyridine rings is 1. The van der Waals surface area contributed by atoms with Crippen LogP contribution >= 0.6 is 0 Å². The van der Waals surface area contributed by atoms with Crippen molar-refractivity contribution in [2.24, 2.45) is 0 Å². The number of rotatable bonds is 16. The topological polar surface area (TPSA) is 244 Å². The fourth-order valence-corrected chi connectivity index (χ4v) is 7.74. The van der Waals surface area contributed by atoms with Gasteiger partial charge < -0.3 is 35.2 Å². The fourth-order valence-electron chi connectivity index (χ4n) is 7.74. The number of carboxylic acids is 3. The first-order valence-electron chi connectivity index (χ1n) is 20.4. The van der Waals surface area contributed by atoms with Crippen LogP contribution in [0.3, 0.4) is 0 Å². The molecule has 20 heteroatoms. The Morgan fingerprint density at radius 2 is 1.27 bits per heavy atom. The Labute approximate surface area is 348 Å². The smallest absolute Gasteiger partial charge is 0.317 e. The molecule has 2 aromatic rings. The Morgan fingerprint density at radius 1 is 0.717 bits per heavy atom. The summed E-state index contributed by atoms with van der Waals surface area (Å²) in [6.07, 6.45) is 3.67. The van der Waals surface area contributed by atoms with Gasteiger partial charge in [-0.15, -0.1) is 0 Å². The summed E-state index contributed by atoms with van der Waals surface area (Å²) in [6.45, 7) is 6.08. The van der Waals surface area contributed by atoms with E-state index in [9.17, 15) is 49.3 Å². The number of nitrogens with zero attached hydrogens (tertiary/aromatic N) is 9. The molecule has 326 valence electrons. The van der Waals surface area contributed by atoms with Gasteiger partial charge in [0.25, 0.3) is 5.91 Å². The van der Waals surface area contributed by atoms with E-state index in [1.807, 2.05) is 9.80 Å². The van der Waals surface area contributed by atoms with Gasteiger partial charge in [-0.25, -0.2) is 0 Å². The van der Waals surface area contributed by atoms with Gasteiger partial charge in [0.15, 0.2) is 0 Å². The van der Waals surface area contributed by atoms with Gasteiger partial charge in [-0.3, -0.25) is 58.3 Å². The number of piperazine rings is 1. The Morgan fingerprint density at radius 3 is 1.82 bits per heavy atom. The van der Waals surface area contributed by atoms with E-state index in [0.29, 0.717) is 120 Å². The van der Waals surface area contributed by atoms with Crippen molar-refractivity contribution < 1.29 is 48.8 Å². The number of aromatic nitrogens is 1. The number of nitriles is 1. The number of hydrogen-bond donors (Lipinski definition) is 4. The normalized spacial score (nSPS) is 19.6. The number of carbonyl (C=O) groups is 6. The van der Waals surface area contributed by atoms with Gasteiger partial charge in [-0.05, 0) is 37.5 Å². The van der Waals surface area contributed by atoms with E-state index in [-0.39, 0.29) is 44.5 Å². The fraction of sp³-hybridized carbons (Fsp3) is 0.600. The second-order valence-corrected chi connectivity index (χ2v) is 15.3. The highest BCUT2D eigenvalue weighted by Gasteiger charge is 2.29. The molecule has 4 heterocycles. The lowest BCUT2D eigenvalue weighted by molar-refractivity contribution is -0.141. The number of likely N-dealkylation sites (tertiary alicyclic amines) is 1. The summed E-state index contributed by atoms with van der Waals surface area (Å²) in [5.74, 6) is -3.17. The minimum absolute atomic E-state index is 0.0536. The van der Waals surface area contributed by atoms with Gasteiger partial charge in [0, 0.05) is 109 Å². The van der Waals surface area contributed by atoms with E-state index in [2.05, 4.69) is 21.3 Å². The molecule has 3 amide bonds. The summed E-state index contributed by atoms with van der Waals surface area (Å²) in [5, 5.41) is 40.9. The van der Waals surface area contributed by atoms with Crippen LogP contribution in [0.5, 0.6) is 5.75 Å². The Bertz CT molecular complexity index is 1840. The monoisotopic (exact) mass is 836 g/mol. The molecule has 5 rings (SSSR count). The van der Waals surface area contributed by atoms with Crippen LogP contribution in [0, 0.1) is 11.3 Å². The predicted octanol–water partition coefficient (Wildman–Crippen LogP) is -1.13. The lowest BCUT2D eigenvalue weighted by Crippen LogP contribution is -2.53. The SMILES string of the molecule is N#C[C@@H]1CCCN1C(=O)CNC(=O)c1ccnc2cc(OCCCN3CCN(C(=O)CN4CCN(CC(=O)O)CCN(CC(=O)O)CCN(CC(=O)O)CC4)CC3)ccc12. The molecule has 60 heavy (non-hydrogen) atoms. The zero-order valence-electron chi connectivity index (χ0n) is 34.0. The largest absolute Gasteiger partial charge is 0.493 e. The van der Waals surface area contributed by atoms with Crippen molar-refractivity contribution in [3.63, 3.8) is 0 Å². The minimum Gasteiger partial charge on any atom is -0.493 e. The molecule has 0 saturated carbocycles. The first-order chi connectivity index (χ1) is 28.9. The zero-order valence-corrected chi connectivity index (χ0v) is 34.0. The Hall–Kier alpha value is -5.46. The third kappa shape index (κ3) is 14.1. The van der Waals surface area contributed by atoms with Crippen molar-refractivity contribution >= 4 is 46.5 Å². The highest BCUT2D eigenvalue weighted by atomic mass is 16.5. The number of ether oxygens (including phenoxy) is 1. The summed E-state index contributed by atoms with van der Waals surface area (Å²) < 4.78 is 6.02. The molecule has 1 atom stereocenters. The highest BCUT2D eigenvalue weighted by molar-refractivity contribution is 6.07. The van der Waals surface area contributed by atoms with E-state index in [1.165, 1.54) is 11.1 Å². The van der Waals surface area contributed by atoms with Gasteiger partial charge in [0.1, 0.15) is 11.8 Å². The number of nitrogens with one attached hydrogen (secondary N) is 1. The summed E-state index contributed by atoms with van der Waals surface area (Å²) in [6, 6.07) is 8.59. The maximum absolute atomic E-state index is 13.5. The second kappa shape index (κ2) is 22.8. The van der Waals surface area contributed by atoms with Gasteiger partial charge in [0.05, 0.1) is 56.5 Å². The van der Waals surface area contributed by atoms with Gasteiger partial charge in [-0.2, -0.15) is 5.26 Å². The molecular formula is C40H56N10O10. The number of hydrogen-bond acceptors (Lipinski definition) is 14. The quantitative estimate of drug-likeness (QED) is 0.146. The van der Waals surface area contributed by atoms with Gasteiger partial charge in [0.2, 0.25) is 11.8 Å². The van der Waals surface area contributed by atoms with Crippen molar-refractivity contribution in [3.8, 4) is 11.8 Å².